The van der Waals surface area contributed by atoms with Crippen LogP contribution in [0.2, 0.25) is 0 Å². The number of benzene rings is 1. The van der Waals surface area contributed by atoms with E-state index in [9.17, 15) is 8.42 Å². The number of aromatic nitrogens is 1. The Bertz CT molecular complexity index is 779. The first-order valence-corrected chi connectivity index (χ1v) is 9.69. The number of rotatable bonds is 6. The molecule has 5 nitrogen and oxygen atoms in total. The van der Waals surface area contributed by atoms with Gasteiger partial charge in [0.05, 0.1) is 17.6 Å². The molecule has 0 unspecified atom stereocenters. The van der Waals surface area contributed by atoms with Crippen LogP contribution in [-0.4, -0.2) is 19.2 Å². The van der Waals surface area contributed by atoms with Crippen LogP contribution in [0.15, 0.2) is 42.6 Å². The minimum absolute atomic E-state index is 0.0132. The largest absolute Gasteiger partial charge is 0.340 e. The highest BCUT2D eigenvalue weighted by Crippen LogP contribution is 2.30. The van der Waals surface area contributed by atoms with Crippen LogP contribution in [0.25, 0.3) is 0 Å². The zero-order chi connectivity index (χ0) is 17.8. The third kappa shape index (κ3) is 4.96. The van der Waals surface area contributed by atoms with Crippen molar-refractivity contribution < 1.29 is 8.42 Å². The van der Waals surface area contributed by atoms with Crippen molar-refractivity contribution in [1.29, 1.82) is 0 Å². The zero-order valence-electron chi connectivity index (χ0n) is 14.6. The van der Waals surface area contributed by atoms with Crippen molar-refractivity contribution in [3.8, 4) is 0 Å². The van der Waals surface area contributed by atoms with Crippen LogP contribution in [-0.2, 0) is 15.4 Å². The van der Waals surface area contributed by atoms with E-state index < -0.39 is 10.0 Å². The van der Waals surface area contributed by atoms with Crippen molar-refractivity contribution in [2.45, 2.75) is 39.5 Å². The summed E-state index contributed by atoms with van der Waals surface area (Å²) < 4.78 is 26.1. The Labute approximate surface area is 144 Å². The Morgan fingerprint density at radius 1 is 1.08 bits per heavy atom. The van der Waals surface area contributed by atoms with E-state index in [1.54, 1.807) is 12.1 Å². The molecule has 2 N–H and O–H groups in total. The quantitative estimate of drug-likeness (QED) is 0.818. The van der Waals surface area contributed by atoms with Gasteiger partial charge in [-0.05, 0) is 35.6 Å². The Morgan fingerprint density at radius 3 is 2.38 bits per heavy atom. The molecule has 0 spiro atoms. The molecule has 6 heteroatoms. The zero-order valence-corrected chi connectivity index (χ0v) is 15.4. The summed E-state index contributed by atoms with van der Waals surface area (Å²) in [6.45, 7) is 8.31. The molecular weight excluding hydrogens is 322 g/mol. The molecule has 0 aliphatic carbocycles. The molecular formula is C18H25N3O2S. The minimum atomic E-state index is -3.29. The van der Waals surface area contributed by atoms with Crippen molar-refractivity contribution in [3.05, 3.63) is 48.2 Å². The summed E-state index contributed by atoms with van der Waals surface area (Å²) in [4.78, 5) is 4.30. The molecule has 130 valence electrons. The molecule has 0 radical (unpaired) electrons. The van der Waals surface area contributed by atoms with Crippen molar-refractivity contribution in [3.63, 3.8) is 0 Å². The molecule has 1 aromatic carbocycles. The van der Waals surface area contributed by atoms with Gasteiger partial charge >= 0.3 is 0 Å². The summed E-state index contributed by atoms with van der Waals surface area (Å²) in [6, 6.07) is 11.6. The first-order valence-electron chi connectivity index (χ1n) is 8.04. The fourth-order valence-electron chi connectivity index (χ4n) is 2.41. The lowest BCUT2D eigenvalue weighted by Gasteiger charge is -2.23. The lowest BCUT2D eigenvalue weighted by Crippen LogP contribution is -2.16. The number of hydrogen-bond acceptors (Lipinski definition) is 4. The Balaban J connectivity index is 2.16. The van der Waals surface area contributed by atoms with Crippen LogP contribution in [0, 0.1) is 0 Å². The maximum absolute atomic E-state index is 11.8. The second-order valence-corrected chi connectivity index (χ2v) is 8.62. The van der Waals surface area contributed by atoms with Gasteiger partial charge in [0.25, 0.3) is 0 Å². The van der Waals surface area contributed by atoms with Gasteiger partial charge in [-0.1, -0.05) is 45.9 Å². The van der Waals surface area contributed by atoms with Crippen LogP contribution in [0.5, 0.6) is 0 Å². The fourth-order valence-corrected chi connectivity index (χ4v) is 3.53. The molecule has 0 aliphatic heterocycles. The van der Waals surface area contributed by atoms with Crippen molar-refractivity contribution >= 4 is 27.2 Å². The maximum atomic E-state index is 11.8. The second-order valence-electron chi connectivity index (χ2n) is 6.77. The number of hydrogen-bond donors (Lipinski definition) is 2. The molecule has 0 atom stereocenters. The van der Waals surface area contributed by atoms with Gasteiger partial charge < -0.3 is 5.32 Å². The van der Waals surface area contributed by atoms with E-state index in [1.807, 2.05) is 25.1 Å². The van der Waals surface area contributed by atoms with Gasteiger partial charge in [0, 0.05) is 5.69 Å². The molecule has 1 aromatic heterocycles. The van der Waals surface area contributed by atoms with Gasteiger partial charge in [0.1, 0.15) is 5.82 Å². The molecule has 0 saturated carbocycles. The van der Waals surface area contributed by atoms with Crippen molar-refractivity contribution in [1.82, 2.24) is 4.98 Å². The van der Waals surface area contributed by atoms with Gasteiger partial charge in [0.15, 0.2) is 0 Å². The number of anilines is 3. The number of pyridine rings is 1. The van der Waals surface area contributed by atoms with Crippen LogP contribution in [0.3, 0.4) is 0 Å². The van der Waals surface area contributed by atoms with E-state index in [4.69, 9.17) is 0 Å². The predicted molar refractivity (Wildman–Crippen MR) is 100 cm³/mol. The van der Waals surface area contributed by atoms with Gasteiger partial charge in [-0.25, -0.2) is 13.4 Å². The van der Waals surface area contributed by atoms with Gasteiger partial charge in [-0.15, -0.1) is 0 Å². The van der Waals surface area contributed by atoms with Crippen molar-refractivity contribution in [2.24, 2.45) is 0 Å². The summed E-state index contributed by atoms with van der Waals surface area (Å²) in [5, 5.41) is 3.31. The van der Waals surface area contributed by atoms with Crippen LogP contribution in [0.4, 0.5) is 17.2 Å². The Kier molecular flexibility index (Phi) is 5.49. The van der Waals surface area contributed by atoms with Gasteiger partial charge in [-0.3, -0.25) is 4.72 Å². The summed E-state index contributed by atoms with van der Waals surface area (Å²) in [6.07, 6.45) is 2.10. The maximum Gasteiger partial charge on any atom is 0.232 e. The summed E-state index contributed by atoms with van der Waals surface area (Å²) >= 11 is 0. The Hall–Kier alpha value is -2.08. The molecule has 0 saturated heterocycles. The standard InChI is InChI=1S/C18H25N3O2S/c1-5-12-24(22,23)21-14-10-11-17(19-13-14)20-16-9-7-6-8-15(16)18(2,3)4/h6-11,13,21H,5,12H2,1-4H3,(H,19,20). The normalized spacial score (nSPS) is 12.0. The molecule has 0 amide bonds. The first-order chi connectivity index (χ1) is 11.2. The molecule has 1 heterocycles. The van der Waals surface area contributed by atoms with Crippen LogP contribution < -0.4 is 10.0 Å². The van der Waals surface area contributed by atoms with E-state index in [0.29, 0.717) is 17.9 Å². The molecule has 0 fully saturated rings. The predicted octanol–water partition coefficient (Wildman–Crippen LogP) is 4.27. The molecule has 0 aliphatic rings. The van der Waals surface area contributed by atoms with Crippen LogP contribution in [0.1, 0.15) is 39.7 Å². The van der Waals surface area contributed by atoms with Crippen LogP contribution >= 0.6 is 0 Å². The minimum Gasteiger partial charge on any atom is -0.340 e. The number of sulfonamides is 1. The monoisotopic (exact) mass is 347 g/mol. The van der Waals surface area contributed by atoms with Gasteiger partial charge in [-0.2, -0.15) is 0 Å². The van der Waals surface area contributed by atoms with E-state index in [0.717, 1.165) is 5.69 Å². The van der Waals surface area contributed by atoms with E-state index in [1.165, 1.54) is 11.8 Å². The molecule has 2 rings (SSSR count). The Morgan fingerprint density at radius 2 is 1.79 bits per heavy atom. The lowest BCUT2D eigenvalue weighted by molar-refractivity contribution is 0.592. The number of nitrogens with one attached hydrogen (secondary N) is 2. The van der Waals surface area contributed by atoms with E-state index >= 15 is 0 Å². The summed E-state index contributed by atoms with van der Waals surface area (Å²) in [5.41, 5.74) is 2.67. The smallest absolute Gasteiger partial charge is 0.232 e. The van der Waals surface area contributed by atoms with Crippen molar-refractivity contribution in [2.75, 3.05) is 15.8 Å². The SMILES string of the molecule is CCCS(=O)(=O)Nc1ccc(Nc2ccccc2C(C)(C)C)nc1. The average Bonchev–Trinajstić information content (AvgIpc) is 2.48. The molecule has 0 bridgehead atoms. The highest BCUT2D eigenvalue weighted by atomic mass is 32.2. The average molecular weight is 347 g/mol. The molecule has 2 aromatic rings. The van der Waals surface area contributed by atoms with E-state index in [-0.39, 0.29) is 11.2 Å². The third-order valence-corrected chi connectivity index (χ3v) is 5.00. The summed E-state index contributed by atoms with van der Waals surface area (Å²) in [5.74, 6) is 0.775. The highest BCUT2D eigenvalue weighted by Gasteiger charge is 2.17. The fraction of sp³-hybridized carbons (Fsp3) is 0.389. The van der Waals surface area contributed by atoms with Gasteiger partial charge in [0.2, 0.25) is 10.0 Å². The number of para-hydroxylation sites is 1. The topological polar surface area (TPSA) is 71.1 Å². The highest BCUT2D eigenvalue weighted by molar-refractivity contribution is 7.92. The van der Waals surface area contributed by atoms with E-state index in [2.05, 4.69) is 41.9 Å². The molecule has 24 heavy (non-hydrogen) atoms. The third-order valence-electron chi connectivity index (χ3n) is 3.51. The second kappa shape index (κ2) is 7.21. The summed E-state index contributed by atoms with van der Waals surface area (Å²) in [7, 11) is -3.29. The first kappa shape index (κ1) is 18.3. The lowest BCUT2D eigenvalue weighted by atomic mass is 9.86. The number of nitrogens with zero attached hydrogens (tertiary/aromatic N) is 1.